The molecule has 0 saturated heterocycles. The average molecular weight is 360 g/mol. The molecular weight excluding hydrogens is 336 g/mol. The van der Waals surface area contributed by atoms with Gasteiger partial charge in [0.2, 0.25) is 10.0 Å². The SMILES string of the molecule is CN(CCN)Cc1cncc(-c2ccc(NS(=O)(=O)C3CC3)cc2)c1. The van der Waals surface area contributed by atoms with Crippen molar-refractivity contribution in [1.29, 1.82) is 0 Å². The molecule has 0 atom stereocenters. The Balaban J connectivity index is 1.71. The first-order valence-corrected chi connectivity index (χ1v) is 9.97. The molecule has 3 rings (SSSR count). The minimum atomic E-state index is -3.22. The molecule has 1 aliphatic carbocycles. The number of benzene rings is 1. The van der Waals surface area contributed by atoms with Crippen molar-refractivity contribution in [2.75, 3.05) is 24.9 Å². The second kappa shape index (κ2) is 7.51. The minimum absolute atomic E-state index is 0.224. The Bertz CT molecular complexity index is 817. The van der Waals surface area contributed by atoms with Gasteiger partial charge < -0.3 is 10.6 Å². The summed E-state index contributed by atoms with van der Waals surface area (Å²) in [5, 5.41) is -0.224. The first kappa shape index (κ1) is 17.8. The zero-order chi connectivity index (χ0) is 17.9. The van der Waals surface area contributed by atoms with E-state index in [0.29, 0.717) is 12.2 Å². The van der Waals surface area contributed by atoms with Gasteiger partial charge >= 0.3 is 0 Å². The van der Waals surface area contributed by atoms with Crippen molar-refractivity contribution in [3.63, 3.8) is 0 Å². The van der Waals surface area contributed by atoms with Gasteiger partial charge in [-0.3, -0.25) is 9.71 Å². The summed E-state index contributed by atoms with van der Waals surface area (Å²) in [7, 11) is -1.19. The maximum Gasteiger partial charge on any atom is 0.235 e. The molecule has 1 aromatic heterocycles. The van der Waals surface area contributed by atoms with Crippen molar-refractivity contribution >= 4 is 15.7 Å². The van der Waals surface area contributed by atoms with E-state index < -0.39 is 10.0 Å². The number of rotatable bonds is 8. The van der Waals surface area contributed by atoms with Gasteiger partial charge in [-0.15, -0.1) is 0 Å². The van der Waals surface area contributed by atoms with E-state index in [0.717, 1.165) is 42.6 Å². The predicted octanol–water partition coefficient (Wildman–Crippen LogP) is 2.04. The van der Waals surface area contributed by atoms with Crippen molar-refractivity contribution < 1.29 is 8.42 Å². The van der Waals surface area contributed by atoms with Gasteiger partial charge in [0.15, 0.2) is 0 Å². The van der Waals surface area contributed by atoms with Crippen LogP contribution in [0.1, 0.15) is 18.4 Å². The van der Waals surface area contributed by atoms with E-state index in [4.69, 9.17) is 5.73 Å². The Hall–Kier alpha value is -1.96. The highest BCUT2D eigenvalue weighted by atomic mass is 32.2. The van der Waals surface area contributed by atoms with Crippen LogP contribution in [0.15, 0.2) is 42.7 Å². The largest absolute Gasteiger partial charge is 0.329 e. The van der Waals surface area contributed by atoms with Gasteiger partial charge in [0, 0.05) is 43.3 Å². The minimum Gasteiger partial charge on any atom is -0.329 e. The Morgan fingerprint density at radius 2 is 1.92 bits per heavy atom. The van der Waals surface area contributed by atoms with Crippen LogP contribution < -0.4 is 10.5 Å². The molecule has 0 bridgehead atoms. The number of pyridine rings is 1. The number of sulfonamides is 1. The van der Waals surface area contributed by atoms with Crippen LogP contribution >= 0.6 is 0 Å². The van der Waals surface area contributed by atoms with E-state index in [2.05, 4.69) is 20.7 Å². The third kappa shape index (κ3) is 4.78. The fourth-order valence-electron chi connectivity index (χ4n) is 2.70. The molecule has 6 nitrogen and oxygen atoms in total. The Morgan fingerprint density at radius 3 is 2.56 bits per heavy atom. The van der Waals surface area contributed by atoms with Gasteiger partial charge in [0.25, 0.3) is 0 Å². The molecule has 0 spiro atoms. The molecular formula is C18H24N4O2S. The van der Waals surface area contributed by atoms with E-state index in [-0.39, 0.29) is 5.25 Å². The van der Waals surface area contributed by atoms with Crippen LogP contribution in [0.25, 0.3) is 11.1 Å². The summed E-state index contributed by atoms with van der Waals surface area (Å²) in [6.07, 6.45) is 5.18. The molecule has 0 unspecified atom stereocenters. The zero-order valence-corrected chi connectivity index (χ0v) is 15.2. The summed E-state index contributed by atoms with van der Waals surface area (Å²) in [6.45, 7) is 2.25. The van der Waals surface area contributed by atoms with Gasteiger partial charge in [0.05, 0.1) is 5.25 Å². The average Bonchev–Trinajstić information content (AvgIpc) is 3.41. The van der Waals surface area contributed by atoms with Crippen LogP contribution in [-0.2, 0) is 16.6 Å². The van der Waals surface area contributed by atoms with Crippen molar-refractivity contribution in [3.8, 4) is 11.1 Å². The van der Waals surface area contributed by atoms with Gasteiger partial charge in [0.1, 0.15) is 0 Å². The summed E-state index contributed by atoms with van der Waals surface area (Å²) in [4.78, 5) is 6.47. The highest BCUT2D eigenvalue weighted by Gasteiger charge is 2.35. The maximum absolute atomic E-state index is 12.0. The smallest absolute Gasteiger partial charge is 0.235 e. The third-order valence-electron chi connectivity index (χ3n) is 4.20. The van der Waals surface area contributed by atoms with Crippen LogP contribution in [0.4, 0.5) is 5.69 Å². The lowest BCUT2D eigenvalue weighted by atomic mass is 10.1. The third-order valence-corrected chi connectivity index (χ3v) is 6.07. The highest BCUT2D eigenvalue weighted by Crippen LogP contribution is 2.30. The number of hydrogen-bond acceptors (Lipinski definition) is 5. The normalized spacial score (nSPS) is 14.7. The van der Waals surface area contributed by atoms with Crippen LogP contribution in [0.2, 0.25) is 0 Å². The fourth-order valence-corrected chi connectivity index (χ4v) is 4.09. The lowest BCUT2D eigenvalue weighted by molar-refractivity contribution is 0.336. The number of nitrogens with zero attached hydrogens (tertiary/aromatic N) is 2. The number of nitrogens with one attached hydrogen (secondary N) is 1. The first-order valence-electron chi connectivity index (χ1n) is 8.42. The second-order valence-electron chi connectivity index (χ2n) is 6.53. The first-order chi connectivity index (χ1) is 12.0. The summed E-state index contributed by atoms with van der Waals surface area (Å²) in [5.74, 6) is 0. The van der Waals surface area contributed by atoms with Crippen molar-refractivity contribution in [2.45, 2.75) is 24.6 Å². The van der Waals surface area contributed by atoms with E-state index in [1.165, 1.54) is 0 Å². The van der Waals surface area contributed by atoms with Crippen molar-refractivity contribution in [1.82, 2.24) is 9.88 Å². The number of likely N-dealkylation sites (N-methyl/N-ethyl adjacent to an activating group) is 1. The Kier molecular flexibility index (Phi) is 5.36. The summed E-state index contributed by atoms with van der Waals surface area (Å²) in [5.41, 5.74) is 9.31. The molecule has 1 aromatic carbocycles. The van der Waals surface area contributed by atoms with Crippen molar-refractivity contribution in [2.24, 2.45) is 5.73 Å². The molecule has 0 aliphatic heterocycles. The Morgan fingerprint density at radius 1 is 1.20 bits per heavy atom. The molecule has 1 fully saturated rings. The molecule has 25 heavy (non-hydrogen) atoms. The standard InChI is InChI=1S/C18H24N4O2S/c1-22(9-8-19)13-14-10-16(12-20-11-14)15-2-4-17(5-3-15)21-25(23,24)18-6-7-18/h2-5,10-12,18,21H,6-9,13,19H2,1H3. The van der Waals surface area contributed by atoms with E-state index in [1.54, 1.807) is 12.1 Å². The molecule has 1 heterocycles. The van der Waals surface area contributed by atoms with Crippen LogP contribution in [0, 0.1) is 0 Å². The molecule has 0 amide bonds. The molecule has 1 aliphatic rings. The van der Waals surface area contributed by atoms with Gasteiger partial charge in [-0.2, -0.15) is 0 Å². The molecule has 1 saturated carbocycles. The zero-order valence-electron chi connectivity index (χ0n) is 14.4. The fraction of sp³-hybridized carbons (Fsp3) is 0.389. The number of anilines is 1. The highest BCUT2D eigenvalue weighted by molar-refractivity contribution is 7.93. The Labute approximate surface area is 149 Å². The molecule has 7 heteroatoms. The topological polar surface area (TPSA) is 88.3 Å². The quantitative estimate of drug-likeness (QED) is 0.752. The van der Waals surface area contributed by atoms with Crippen LogP contribution in [0.5, 0.6) is 0 Å². The van der Waals surface area contributed by atoms with Crippen LogP contribution in [-0.4, -0.2) is 43.7 Å². The van der Waals surface area contributed by atoms with E-state index >= 15 is 0 Å². The van der Waals surface area contributed by atoms with Crippen LogP contribution in [0.3, 0.4) is 0 Å². The van der Waals surface area contributed by atoms with E-state index in [1.807, 2.05) is 31.6 Å². The lowest BCUT2D eigenvalue weighted by Crippen LogP contribution is -2.25. The maximum atomic E-state index is 12.0. The molecule has 2 aromatic rings. The lowest BCUT2D eigenvalue weighted by Gasteiger charge is -2.15. The number of nitrogens with two attached hydrogens (primary N) is 1. The summed E-state index contributed by atoms with van der Waals surface area (Å²) < 4.78 is 26.6. The summed E-state index contributed by atoms with van der Waals surface area (Å²) in [6, 6.07) is 9.51. The molecule has 3 N–H and O–H groups in total. The summed E-state index contributed by atoms with van der Waals surface area (Å²) >= 11 is 0. The van der Waals surface area contributed by atoms with Gasteiger partial charge in [-0.05, 0) is 49.2 Å². The number of aromatic nitrogens is 1. The second-order valence-corrected chi connectivity index (χ2v) is 8.49. The van der Waals surface area contributed by atoms with Gasteiger partial charge in [-0.25, -0.2) is 8.42 Å². The van der Waals surface area contributed by atoms with Gasteiger partial charge in [-0.1, -0.05) is 12.1 Å². The monoisotopic (exact) mass is 360 g/mol. The van der Waals surface area contributed by atoms with E-state index in [9.17, 15) is 8.42 Å². The molecule has 134 valence electrons. The molecule has 0 radical (unpaired) electrons. The predicted molar refractivity (Wildman–Crippen MR) is 101 cm³/mol. The van der Waals surface area contributed by atoms with Crippen molar-refractivity contribution in [3.05, 3.63) is 48.3 Å². The number of hydrogen-bond donors (Lipinski definition) is 2.